The van der Waals surface area contributed by atoms with Gasteiger partial charge in [0.25, 0.3) is 0 Å². The summed E-state index contributed by atoms with van der Waals surface area (Å²) in [5, 5.41) is 5.70. The molecule has 2 heterocycles. The van der Waals surface area contributed by atoms with Gasteiger partial charge < -0.3 is 15.4 Å². The first kappa shape index (κ1) is 20.8. The van der Waals surface area contributed by atoms with Crippen molar-refractivity contribution in [3.05, 3.63) is 29.0 Å². The molecule has 1 fully saturated rings. The van der Waals surface area contributed by atoms with Crippen molar-refractivity contribution in [3.8, 4) is 0 Å². The maximum atomic E-state index is 13.7. The van der Waals surface area contributed by atoms with Gasteiger partial charge in [-0.3, -0.25) is 0 Å². The van der Waals surface area contributed by atoms with E-state index in [0.717, 1.165) is 6.20 Å². The molecule has 0 spiro atoms. The zero-order valence-corrected chi connectivity index (χ0v) is 15.8. The fraction of sp³-hybridized carbons (Fsp3) is 0.647. The molecule has 1 amide bonds. The lowest BCUT2D eigenvalue weighted by atomic mass is 9.87. The Morgan fingerprint density at radius 1 is 1.42 bits per heavy atom. The van der Waals surface area contributed by atoms with E-state index < -0.39 is 35.4 Å². The lowest BCUT2D eigenvalue weighted by molar-refractivity contribution is -0.156. The Bertz CT molecular complexity index is 646. The van der Waals surface area contributed by atoms with Crippen LogP contribution >= 0.6 is 11.6 Å². The zero-order chi connectivity index (χ0) is 19.8. The van der Waals surface area contributed by atoms with Crippen LogP contribution in [0, 0.1) is 0 Å². The monoisotopic (exact) mass is 393 g/mol. The van der Waals surface area contributed by atoms with Gasteiger partial charge in [0.15, 0.2) is 0 Å². The first-order chi connectivity index (χ1) is 11.8. The second-order valence-electron chi connectivity index (χ2n) is 7.81. The highest BCUT2D eigenvalue weighted by Crippen LogP contribution is 2.41. The van der Waals surface area contributed by atoms with Crippen LogP contribution in [0.2, 0.25) is 5.15 Å². The summed E-state index contributed by atoms with van der Waals surface area (Å²) in [7, 11) is 0. The summed E-state index contributed by atoms with van der Waals surface area (Å²) in [4.78, 5) is 15.8. The number of carbonyl (C=O) groups excluding carboxylic acids is 1. The van der Waals surface area contributed by atoms with Gasteiger partial charge in [0, 0.05) is 18.8 Å². The Morgan fingerprint density at radius 3 is 2.58 bits per heavy atom. The van der Waals surface area contributed by atoms with Crippen molar-refractivity contribution >= 4 is 17.7 Å². The summed E-state index contributed by atoms with van der Waals surface area (Å²) < 4.78 is 46.2. The second kappa shape index (κ2) is 7.23. The molecule has 3 unspecified atom stereocenters. The number of alkyl carbamates (subject to hydrolysis) is 1. The fourth-order valence-electron chi connectivity index (χ4n) is 3.09. The predicted molar refractivity (Wildman–Crippen MR) is 92.2 cm³/mol. The number of alkyl halides is 3. The molecule has 1 aromatic rings. The van der Waals surface area contributed by atoms with Crippen molar-refractivity contribution < 1.29 is 22.7 Å². The van der Waals surface area contributed by atoms with Crippen LogP contribution in [0.25, 0.3) is 0 Å². The van der Waals surface area contributed by atoms with Crippen LogP contribution in [0.3, 0.4) is 0 Å². The van der Waals surface area contributed by atoms with E-state index in [4.69, 9.17) is 16.3 Å². The van der Waals surface area contributed by atoms with Crippen LogP contribution in [0.4, 0.5) is 18.0 Å². The highest BCUT2D eigenvalue weighted by Gasteiger charge is 2.51. The number of carbonyl (C=O) groups is 1. The molecule has 9 heteroatoms. The maximum Gasteiger partial charge on any atom is 0.408 e. The van der Waals surface area contributed by atoms with Crippen LogP contribution in [-0.2, 0) is 4.74 Å². The number of halogens is 4. The minimum absolute atomic E-state index is 0.0286. The number of hydrogen-bond acceptors (Lipinski definition) is 4. The summed E-state index contributed by atoms with van der Waals surface area (Å²) in [6, 6.07) is 1.76. The summed E-state index contributed by atoms with van der Waals surface area (Å²) >= 11 is 5.68. The standard InChI is InChI=1S/C17H23ClF3N3O2/c1-15(2,3)26-14(25)24-16(4)7-11(23-9-16)13(17(19,20)21)10-5-6-12(18)22-8-10/h5-6,8,11,13,23H,7,9H2,1-4H3,(H,24,25). The largest absolute Gasteiger partial charge is 0.444 e. The number of hydrogen-bond donors (Lipinski definition) is 2. The van der Waals surface area contributed by atoms with Gasteiger partial charge in [0.2, 0.25) is 0 Å². The SMILES string of the molecule is CC1(NC(=O)OC(C)(C)C)CNC(C(c2ccc(Cl)nc2)C(F)(F)F)C1. The molecule has 5 nitrogen and oxygen atoms in total. The van der Waals surface area contributed by atoms with E-state index in [2.05, 4.69) is 15.6 Å². The van der Waals surface area contributed by atoms with E-state index in [0.29, 0.717) is 0 Å². The molecule has 2 N–H and O–H groups in total. The molecule has 0 bridgehead atoms. The smallest absolute Gasteiger partial charge is 0.408 e. The number of ether oxygens (including phenoxy) is 1. The highest BCUT2D eigenvalue weighted by molar-refractivity contribution is 6.29. The van der Waals surface area contributed by atoms with Gasteiger partial charge in [-0.05, 0) is 45.7 Å². The molecule has 0 saturated carbocycles. The number of rotatable bonds is 3. The Morgan fingerprint density at radius 2 is 2.08 bits per heavy atom. The summed E-state index contributed by atoms with van der Waals surface area (Å²) in [5.74, 6) is -1.76. The molecule has 1 aromatic heterocycles. The van der Waals surface area contributed by atoms with Gasteiger partial charge in [0.1, 0.15) is 10.8 Å². The number of nitrogens with one attached hydrogen (secondary N) is 2. The Balaban J connectivity index is 2.15. The summed E-state index contributed by atoms with van der Waals surface area (Å²) in [6.45, 7) is 7.05. The van der Waals surface area contributed by atoms with Gasteiger partial charge in [0.05, 0.1) is 11.5 Å². The minimum Gasteiger partial charge on any atom is -0.444 e. The van der Waals surface area contributed by atoms with Crippen LogP contribution in [0.1, 0.15) is 45.6 Å². The number of pyridine rings is 1. The molecule has 0 aliphatic carbocycles. The molecule has 2 rings (SSSR count). The van der Waals surface area contributed by atoms with E-state index in [-0.39, 0.29) is 23.7 Å². The average Bonchev–Trinajstić information content (AvgIpc) is 2.79. The number of amides is 1. The third-order valence-electron chi connectivity index (χ3n) is 4.09. The lowest BCUT2D eigenvalue weighted by Gasteiger charge is -2.29. The fourth-order valence-corrected chi connectivity index (χ4v) is 3.20. The Labute approximate surface area is 155 Å². The molecule has 26 heavy (non-hydrogen) atoms. The van der Waals surface area contributed by atoms with Gasteiger partial charge in [-0.15, -0.1) is 0 Å². The van der Waals surface area contributed by atoms with Crippen molar-refractivity contribution in [2.24, 2.45) is 0 Å². The first-order valence-corrected chi connectivity index (χ1v) is 8.60. The molecule has 1 saturated heterocycles. The topological polar surface area (TPSA) is 63.2 Å². The predicted octanol–water partition coefficient (Wildman–Crippen LogP) is 4.03. The molecule has 3 atom stereocenters. The van der Waals surface area contributed by atoms with Crippen LogP contribution in [-0.4, -0.2) is 41.0 Å². The molecule has 1 aliphatic heterocycles. The third kappa shape index (κ3) is 5.48. The van der Waals surface area contributed by atoms with Gasteiger partial charge in [-0.2, -0.15) is 13.2 Å². The van der Waals surface area contributed by atoms with Crippen molar-refractivity contribution in [3.63, 3.8) is 0 Å². The third-order valence-corrected chi connectivity index (χ3v) is 4.32. The quantitative estimate of drug-likeness (QED) is 0.761. The summed E-state index contributed by atoms with van der Waals surface area (Å²) in [6.07, 6.45) is -3.89. The van der Waals surface area contributed by atoms with Crippen LogP contribution < -0.4 is 10.6 Å². The zero-order valence-electron chi connectivity index (χ0n) is 15.1. The van der Waals surface area contributed by atoms with Gasteiger partial charge >= 0.3 is 12.3 Å². The average molecular weight is 394 g/mol. The van der Waals surface area contributed by atoms with Gasteiger partial charge in [-0.25, -0.2) is 9.78 Å². The number of aromatic nitrogens is 1. The van der Waals surface area contributed by atoms with Crippen molar-refractivity contribution in [1.82, 2.24) is 15.6 Å². The van der Waals surface area contributed by atoms with Crippen molar-refractivity contribution in [1.29, 1.82) is 0 Å². The van der Waals surface area contributed by atoms with E-state index in [1.165, 1.54) is 12.1 Å². The molecular formula is C17H23ClF3N3O2. The van der Waals surface area contributed by atoms with E-state index >= 15 is 0 Å². The van der Waals surface area contributed by atoms with E-state index in [1.807, 2.05) is 0 Å². The lowest BCUT2D eigenvalue weighted by Crippen LogP contribution is -2.49. The van der Waals surface area contributed by atoms with Crippen LogP contribution in [0.5, 0.6) is 0 Å². The van der Waals surface area contributed by atoms with Gasteiger partial charge in [-0.1, -0.05) is 17.7 Å². The van der Waals surface area contributed by atoms with E-state index in [9.17, 15) is 18.0 Å². The number of nitrogens with zero attached hydrogens (tertiary/aromatic N) is 1. The normalized spacial score (nSPS) is 25.0. The van der Waals surface area contributed by atoms with Crippen molar-refractivity contribution in [2.75, 3.05) is 6.54 Å². The Hall–Kier alpha value is -1.54. The molecule has 0 aromatic carbocycles. The molecule has 1 aliphatic rings. The highest BCUT2D eigenvalue weighted by atomic mass is 35.5. The van der Waals surface area contributed by atoms with Crippen molar-refractivity contribution in [2.45, 2.75) is 63.4 Å². The molecule has 0 radical (unpaired) electrons. The second-order valence-corrected chi connectivity index (χ2v) is 8.20. The molecular weight excluding hydrogens is 371 g/mol. The molecule has 146 valence electrons. The van der Waals surface area contributed by atoms with Crippen LogP contribution in [0.15, 0.2) is 18.3 Å². The summed E-state index contributed by atoms with van der Waals surface area (Å²) in [5.41, 5.74) is -1.51. The minimum atomic E-state index is -4.47. The Kier molecular flexibility index (Phi) is 5.77. The first-order valence-electron chi connectivity index (χ1n) is 8.22. The maximum absolute atomic E-state index is 13.7. The van der Waals surface area contributed by atoms with E-state index in [1.54, 1.807) is 27.7 Å².